The van der Waals surface area contributed by atoms with Gasteiger partial charge in [0.15, 0.2) is 8.07 Å². The highest BCUT2D eigenvalue weighted by Gasteiger charge is 2.54. The standard InChI is InChI=1S/C70H62N4OSi/c1-46-30-33-55-56-34-31-47(2)39-66(56)76(65(55)38-46)63-29-18-17-28-61(63)74(67-42-50(36-37-71-67)69(3,4)5)62-44-54(32-35-64(62)76)75-53-25-19-24-52(43-53)72-45-73(60-27-16-15-26-59(60)72)68-57(48-20-11-9-12-21-48)40-51(70(6,7)8)41-58(68)49-22-13-10-14-23-49/h9-44H,45H2,1-8H3/i9D,10D,11D,12D,13D,14D,20D,21D,22D,23D. The van der Waals surface area contributed by atoms with Crippen LogP contribution in [0.15, 0.2) is 218 Å². The summed E-state index contributed by atoms with van der Waals surface area (Å²) < 4.78 is 97.1. The van der Waals surface area contributed by atoms with Gasteiger partial charge in [-0.05, 0) is 139 Å². The van der Waals surface area contributed by atoms with Gasteiger partial charge in [0, 0.05) is 40.8 Å². The highest BCUT2D eigenvalue weighted by molar-refractivity contribution is 7.23. The van der Waals surface area contributed by atoms with Gasteiger partial charge < -0.3 is 14.5 Å². The highest BCUT2D eigenvalue weighted by Crippen LogP contribution is 2.52. The lowest BCUT2D eigenvalue weighted by Gasteiger charge is -2.43. The van der Waals surface area contributed by atoms with Gasteiger partial charge in [-0.15, -0.1) is 0 Å². The lowest BCUT2D eigenvalue weighted by Crippen LogP contribution is -2.75. The van der Waals surface area contributed by atoms with Crippen LogP contribution in [0.1, 0.15) is 77.5 Å². The van der Waals surface area contributed by atoms with Crippen molar-refractivity contribution < 1.29 is 18.4 Å². The molecule has 10 aromatic rings. The molecule has 5 nitrogen and oxygen atoms in total. The number of anilines is 7. The van der Waals surface area contributed by atoms with Crippen LogP contribution in [-0.2, 0) is 10.8 Å². The van der Waals surface area contributed by atoms with E-state index in [9.17, 15) is 5.48 Å². The van der Waals surface area contributed by atoms with Gasteiger partial charge in [0.1, 0.15) is 24.0 Å². The molecule has 9 aromatic carbocycles. The molecule has 13 rings (SSSR count). The third-order valence-electron chi connectivity index (χ3n) is 15.3. The first-order valence-electron chi connectivity index (χ1n) is 30.9. The molecule has 0 bridgehead atoms. The second-order valence-electron chi connectivity index (χ2n) is 22.3. The Labute approximate surface area is 463 Å². The predicted molar refractivity (Wildman–Crippen MR) is 321 cm³/mol. The molecule has 0 radical (unpaired) electrons. The zero-order valence-corrected chi connectivity index (χ0v) is 44.9. The molecule has 0 N–H and O–H groups in total. The molecular formula is C70H62N4OSi. The van der Waals surface area contributed by atoms with E-state index in [4.69, 9.17) is 17.9 Å². The van der Waals surface area contributed by atoms with E-state index in [0.717, 1.165) is 34.1 Å². The van der Waals surface area contributed by atoms with Crippen molar-refractivity contribution in [3.05, 3.63) is 241 Å². The fraction of sp³-hybridized carbons (Fsp3) is 0.157. The molecule has 76 heavy (non-hydrogen) atoms. The average Bonchev–Trinajstić information content (AvgIpc) is 1.43. The van der Waals surface area contributed by atoms with E-state index in [0.29, 0.717) is 28.4 Å². The smallest absolute Gasteiger partial charge is 0.185 e. The van der Waals surface area contributed by atoms with Gasteiger partial charge in [-0.2, -0.15) is 0 Å². The van der Waals surface area contributed by atoms with E-state index in [1.807, 2.05) is 92.5 Å². The SMILES string of the molecule is [2H]c1c([2H])c([2H])c(-c2cc(C(C)(C)C)cc(-c3c([2H])c([2H])c([2H])c([2H])c3[2H])c2N2CN(c3cccc(Oc4ccc5c(c4)N(c4cc(C(C)(C)C)ccn4)c4ccccc4[Si]54c5cc(C)ccc5-c5ccc(C)cc54)c3)c3ccccc32)c([2H])c1[2H]. The molecular weight excluding hydrogens is 941 g/mol. The number of pyridine rings is 1. The van der Waals surface area contributed by atoms with Crippen molar-refractivity contribution in [3.63, 3.8) is 0 Å². The Bertz CT molecular complexity index is 4330. The van der Waals surface area contributed by atoms with Crippen LogP contribution in [0.4, 0.5) is 39.9 Å². The minimum Gasteiger partial charge on any atom is -0.457 e. The van der Waals surface area contributed by atoms with E-state index in [1.165, 1.54) is 43.0 Å². The quantitative estimate of drug-likeness (QED) is 0.149. The molecule has 1 aromatic heterocycles. The summed E-state index contributed by atoms with van der Waals surface area (Å²) >= 11 is 0. The molecule has 0 amide bonds. The molecule has 1 spiro atoms. The van der Waals surface area contributed by atoms with Crippen LogP contribution in [-0.4, -0.2) is 19.7 Å². The maximum Gasteiger partial charge on any atom is 0.185 e. The molecule has 0 aliphatic carbocycles. The number of hydrogen-bond donors (Lipinski definition) is 0. The van der Waals surface area contributed by atoms with Gasteiger partial charge >= 0.3 is 0 Å². The van der Waals surface area contributed by atoms with Gasteiger partial charge in [-0.3, -0.25) is 4.90 Å². The molecule has 4 heterocycles. The van der Waals surface area contributed by atoms with Crippen LogP contribution in [0.5, 0.6) is 11.5 Å². The number of para-hydroxylation sites is 3. The Morgan fingerprint density at radius 2 is 1.04 bits per heavy atom. The summed E-state index contributed by atoms with van der Waals surface area (Å²) in [6.45, 7) is 17.0. The second-order valence-corrected chi connectivity index (χ2v) is 25.9. The van der Waals surface area contributed by atoms with Crippen molar-refractivity contribution in [2.75, 3.05) is 21.4 Å². The lowest BCUT2D eigenvalue weighted by atomic mass is 9.82. The van der Waals surface area contributed by atoms with Crippen LogP contribution >= 0.6 is 0 Å². The van der Waals surface area contributed by atoms with Gasteiger partial charge in [0.25, 0.3) is 0 Å². The first kappa shape index (κ1) is 37.3. The fourth-order valence-electron chi connectivity index (χ4n) is 11.7. The number of ether oxygens (including phenoxy) is 1. The summed E-state index contributed by atoms with van der Waals surface area (Å²) in [6.07, 6.45) is 1.91. The third-order valence-corrected chi connectivity index (χ3v) is 20.3. The van der Waals surface area contributed by atoms with Gasteiger partial charge in [0.05, 0.1) is 36.5 Å². The normalized spacial score (nSPS) is 15.9. The summed E-state index contributed by atoms with van der Waals surface area (Å²) in [7, 11) is -3.03. The van der Waals surface area contributed by atoms with Crippen LogP contribution in [0, 0.1) is 13.8 Å². The van der Waals surface area contributed by atoms with Crippen LogP contribution in [0.25, 0.3) is 33.4 Å². The Morgan fingerprint density at radius 3 is 1.66 bits per heavy atom. The van der Waals surface area contributed by atoms with Crippen molar-refractivity contribution in [1.29, 1.82) is 0 Å². The van der Waals surface area contributed by atoms with E-state index < -0.39 is 73.9 Å². The van der Waals surface area contributed by atoms with Crippen molar-refractivity contribution >= 4 is 68.8 Å². The molecule has 3 aliphatic heterocycles. The summed E-state index contributed by atoms with van der Waals surface area (Å²) in [4.78, 5) is 11.5. The van der Waals surface area contributed by atoms with Gasteiger partial charge in [0.2, 0.25) is 0 Å². The number of benzene rings is 9. The summed E-state index contributed by atoms with van der Waals surface area (Å²) in [5.41, 5.74) is 10.8. The number of aryl methyl sites for hydroxylation is 2. The average molecular weight is 1010 g/mol. The Balaban J connectivity index is 0.977. The molecule has 372 valence electrons. The van der Waals surface area contributed by atoms with Crippen molar-refractivity contribution in [1.82, 2.24) is 4.98 Å². The molecule has 0 atom stereocenters. The number of aromatic nitrogens is 1. The van der Waals surface area contributed by atoms with Crippen LogP contribution < -0.4 is 40.2 Å². The molecule has 0 fully saturated rings. The highest BCUT2D eigenvalue weighted by atomic mass is 28.3. The predicted octanol–water partition coefficient (Wildman–Crippen LogP) is 15.8. The Hall–Kier alpha value is -8.45. The van der Waals surface area contributed by atoms with Crippen molar-refractivity contribution in [3.8, 4) is 44.9 Å². The number of rotatable bonds is 7. The molecule has 6 heteroatoms. The number of hydrogen-bond acceptors (Lipinski definition) is 5. The summed E-state index contributed by atoms with van der Waals surface area (Å²) in [5, 5.41) is 5.23. The van der Waals surface area contributed by atoms with Crippen LogP contribution in [0.3, 0.4) is 0 Å². The number of fused-ring (bicyclic) bond motifs is 10. The van der Waals surface area contributed by atoms with Crippen molar-refractivity contribution in [2.24, 2.45) is 0 Å². The monoisotopic (exact) mass is 1010 g/mol. The van der Waals surface area contributed by atoms with Gasteiger partial charge in [-0.25, -0.2) is 4.98 Å². The Morgan fingerprint density at radius 1 is 0.474 bits per heavy atom. The van der Waals surface area contributed by atoms with Crippen molar-refractivity contribution in [2.45, 2.75) is 66.2 Å². The lowest BCUT2D eigenvalue weighted by molar-refractivity contribution is 0.483. The molecule has 0 unspecified atom stereocenters. The molecule has 0 saturated heterocycles. The largest absolute Gasteiger partial charge is 0.457 e. The van der Waals surface area contributed by atoms with Crippen LogP contribution in [0.2, 0.25) is 0 Å². The second kappa shape index (κ2) is 17.9. The maximum atomic E-state index is 9.36. The minimum atomic E-state index is -3.03. The topological polar surface area (TPSA) is 31.8 Å². The van der Waals surface area contributed by atoms with E-state index >= 15 is 0 Å². The van der Waals surface area contributed by atoms with E-state index in [1.54, 1.807) is 0 Å². The zero-order valence-electron chi connectivity index (χ0n) is 53.9. The minimum absolute atomic E-state index is 0.0815. The third kappa shape index (κ3) is 7.68. The van der Waals surface area contributed by atoms with E-state index in [2.05, 4.69) is 135 Å². The number of nitrogens with zero attached hydrogens (tertiary/aromatic N) is 4. The first-order valence-corrected chi connectivity index (χ1v) is 27.9. The zero-order chi connectivity index (χ0) is 60.8. The summed E-state index contributed by atoms with van der Waals surface area (Å²) in [5.74, 6) is 1.97. The first-order chi connectivity index (χ1) is 40.9. The molecule has 3 aliphatic rings. The van der Waals surface area contributed by atoms with Gasteiger partial charge in [-0.1, -0.05) is 192 Å². The van der Waals surface area contributed by atoms with E-state index in [-0.39, 0.29) is 34.3 Å². The fourth-order valence-corrected chi connectivity index (χ4v) is 17.4. The summed E-state index contributed by atoms with van der Waals surface area (Å²) in [6, 6.07) is 47.7. The Kier molecular flexibility index (Phi) is 8.76. The maximum absolute atomic E-state index is 9.36. The molecule has 0 saturated carbocycles.